The van der Waals surface area contributed by atoms with Gasteiger partial charge in [0, 0.05) is 30.8 Å². The van der Waals surface area contributed by atoms with E-state index in [1.165, 1.54) is 0 Å². The van der Waals surface area contributed by atoms with Crippen LogP contribution in [0, 0.1) is 0 Å². The van der Waals surface area contributed by atoms with Gasteiger partial charge in [-0.2, -0.15) is 0 Å². The van der Waals surface area contributed by atoms with Gasteiger partial charge >= 0.3 is 0 Å². The maximum absolute atomic E-state index is 4.31. The molecule has 2 N–H and O–H groups in total. The van der Waals surface area contributed by atoms with Crippen molar-refractivity contribution in [1.29, 1.82) is 0 Å². The third kappa shape index (κ3) is 2.97. The highest BCUT2D eigenvalue weighted by Gasteiger charge is 2.02. The Hall–Kier alpha value is -2.10. The minimum absolute atomic E-state index is 0.451. The molecule has 2 rings (SSSR count). The lowest BCUT2D eigenvalue weighted by Gasteiger charge is -2.08. The van der Waals surface area contributed by atoms with Gasteiger partial charge in [-0.05, 0) is 29.7 Å². The Labute approximate surface area is 107 Å². The normalized spacial score (nSPS) is 10.4. The van der Waals surface area contributed by atoms with E-state index in [1.807, 2.05) is 43.7 Å². The van der Waals surface area contributed by atoms with Crippen LogP contribution in [-0.2, 0) is 0 Å². The van der Waals surface area contributed by atoms with E-state index < -0.39 is 0 Å². The summed E-state index contributed by atoms with van der Waals surface area (Å²) in [4.78, 5) is 8.62. The summed E-state index contributed by atoms with van der Waals surface area (Å²) in [6, 6.07) is 7.99. The third-order valence-corrected chi connectivity index (χ3v) is 2.75. The summed E-state index contributed by atoms with van der Waals surface area (Å²) >= 11 is 0. The molecular formula is C14H18N4. The lowest BCUT2D eigenvalue weighted by molar-refractivity contribution is 0.847. The molecule has 0 saturated heterocycles. The zero-order valence-electron chi connectivity index (χ0n) is 10.9. The van der Waals surface area contributed by atoms with Crippen LogP contribution in [-0.4, -0.2) is 17.0 Å². The van der Waals surface area contributed by atoms with Crippen LogP contribution in [0.2, 0.25) is 0 Å². The molecule has 0 radical (unpaired) electrons. The molecule has 0 spiro atoms. The first-order chi connectivity index (χ1) is 8.69. The average molecular weight is 242 g/mol. The minimum Gasteiger partial charge on any atom is -0.388 e. The van der Waals surface area contributed by atoms with Crippen molar-refractivity contribution in [2.24, 2.45) is 0 Å². The molecule has 0 aliphatic heterocycles. The molecule has 1 aromatic carbocycles. The van der Waals surface area contributed by atoms with Crippen LogP contribution >= 0.6 is 0 Å². The van der Waals surface area contributed by atoms with E-state index in [-0.39, 0.29) is 0 Å². The van der Waals surface area contributed by atoms with E-state index in [9.17, 15) is 0 Å². The first-order valence-corrected chi connectivity index (χ1v) is 6.06. The van der Waals surface area contributed by atoms with Gasteiger partial charge in [0.15, 0.2) is 0 Å². The number of rotatable bonds is 4. The van der Waals surface area contributed by atoms with Gasteiger partial charge in [0.05, 0.1) is 0 Å². The minimum atomic E-state index is 0.451. The maximum Gasteiger partial charge on any atom is 0.227 e. The smallest absolute Gasteiger partial charge is 0.227 e. The zero-order chi connectivity index (χ0) is 13.0. The highest BCUT2D eigenvalue weighted by molar-refractivity contribution is 5.60. The fourth-order valence-electron chi connectivity index (χ4n) is 1.58. The molecule has 0 fully saturated rings. The van der Waals surface area contributed by atoms with Gasteiger partial charge in [0.1, 0.15) is 0 Å². The number of aromatic nitrogens is 2. The molecule has 0 aliphatic carbocycles. The Morgan fingerprint density at radius 1 is 1.06 bits per heavy atom. The SMILES string of the molecule is CNc1cccc(Nc2ncc(C(C)C)cn2)c1. The van der Waals surface area contributed by atoms with E-state index in [0.717, 1.165) is 16.9 Å². The predicted molar refractivity (Wildman–Crippen MR) is 75.4 cm³/mol. The Morgan fingerprint density at radius 3 is 2.33 bits per heavy atom. The summed E-state index contributed by atoms with van der Waals surface area (Å²) in [5, 5.41) is 6.28. The van der Waals surface area contributed by atoms with Crippen molar-refractivity contribution in [3.8, 4) is 0 Å². The van der Waals surface area contributed by atoms with E-state index in [1.54, 1.807) is 0 Å². The predicted octanol–water partition coefficient (Wildman–Crippen LogP) is 3.39. The van der Waals surface area contributed by atoms with Crippen molar-refractivity contribution >= 4 is 17.3 Å². The summed E-state index contributed by atoms with van der Waals surface area (Å²) in [7, 11) is 1.90. The van der Waals surface area contributed by atoms with E-state index in [4.69, 9.17) is 0 Å². The number of anilines is 3. The van der Waals surface area contributed by atoms with Crippen molar-refractivity contribution in [2.75, 3.05) is 17.7 Å². The summed E-state index contributed by atoms with van der Waals surface area (Å²) in [6.45, 7) is 4.25. The van der Waals surface area contributed by atoms with Gasteiger partial charge in [-0.25, -0.2) is 9.97 Å². The van der Waals surface area contributed by atoms with Crippen LogP contribution in [0.1, 0.15) is 25.3 Å². The fraction of sp³-hybridized carbons (Fsp3) is 0.286. The largest absolute Gasteiger partial charge is 0.388 e. The van der Waals surface area contributed by atoms with Crippen molar-refractivity contribution < 1.29 is 0 Å². The molecule has 0 aliphatic rings. The highest BCUT2D eigenvalue weighted by Crippen LogP contribution is 2.18. The van der Waals surface area contributed by atoms with Gasteiger partial charge < -0.3 is 10.6 Å². The van der Waals surface area contributed by atoms with Gasteiger partial charge in [-0.3, -0.25) is 0 Å². The Morgan fingerprint density at radius 2 is 1.72 bits per heavy atom. The first kappa shape index (κ1) is 12.4. The quantitative estimate of drug-likeness (QED) is 0.863. The third-order valence-electron chi connectivity index (χ3n) is 2.75. The molecule has 0 atom stereocenters. The van der Waals surface area contributed by atoms with E-state index >= 15 is 0 Å². The number of hydrogen-bond donors (Lipinski definition) is 2. The molecule has 0 bridgehead atoms. The molecule has 1 heterocycles. The summed E-state index contributed by atoms with van der Waals surface area (Å²) in [5.41, 5.74) is 3.17. The summed E-state index contributed by atoms with van der Waals surface area (Å²) in [5.74, 6) is 1.07. The average Bonchev–Trinajstić information content (AvgIpc) is 2.39. The molecule has 1 aromatic heterocycles. The van der Waals surface area contributed by atoms with Gasteiger partial charge in [-0.15, -0.1) is 0 Å². The first-order valence-electron chi connectivity index (χ1n) is 6.06. The number of hydrogen-bond acceptors (Lipinski definition) is 4. The van der Waals surface area contributed by atoms with E-state index in [2.05, 4.69) is 34.4 Å². The Kier molecular flexibility index (Phi) is 3.77. The lowest BCUT2D eigenvalue weighted by atomic mass is 10.1. The molecule has 4 nitrogen and oxygen atoms in total. The zero-order valence-corrected chi connectivity index (χ0v) is 10.9. The van der Waals surface area contributed by atoms with Gasteiger partial charge in [0.2, 0.25) is 5.95 Å². The number of nitrogens with zero attached hydrogens (tertiary/aromatic N) is 2. The van der Waals surface area contributed by atoms with Crippen LogP contribution in [0.3, 0.4) is 0 Å². The summed E-state index contributed by atoms with van der Waals surface area (Å²) in [6.07, 6.45) is 3.73. The molecule has 94 valence electrons. The Balaban J connectivity index is 2.13. The standard InChI is InChI=1S/C14H18N4/c1-10(2)11-8-16-14(17-9-11)18-13-6-4-5-12(7-13)15-3/h4-10,15H,1-3H3,(H,16,17,18). The molecule has 18 heavy (non-hydrogen) atoms. The molecular weight excluding hydrogens is 224 g/mol. The van der Waals surface area contributed by atoms with Crippen molar-refractivity contribution in [2.45, 2.75) is 19.8 Å². The Bertz CT molecular complexity index is 505. The van der Waals surface area contributed by atoms with Crippen LogP contribution in [0.25, 0.3) is 0 Å². The molecule has 0 saturated carbocycles. The fourth-order valence-corrected chi connectivity index (χ4v) is 1.58. The van der Waals surface area contributed by atoms with Crippen LogP contribution in [0.5, 0.6) is 0 Å². The van der Waals surface area contributed by atoms with Crippen molar-refractivity contribution in [3.05, 3.63) is 42.2 Å². The van der Waals surface area contributed by atoms with Crippen molar-refractivity contribution in [3.63, 3.8) is 0 Å². The lowest BCUT2D eigenvalue weighted by Crippen LogP contribution is -1.99. The van der Waals surface area contributed by atoms with E-state index in [0.29, 0.717) is 11.9 Å². The van der Waals surface area contributed by atoms with Crippen molar-refractivity contribution in [1.82, 2.24) is 9.97 Å². The molecule has 4 heteroatoms. The molecule has 2 aromatic rings. The van der Waals surface area contributed by atoms with Crippen LogP contribution < -0.4 is 10.6 Å². The van der Waals surface area contributed by atoms with Crippen LogP contribution in [0.4, 0.5) is 17.3 Å². The maximum atomic E-state index is 4.31. The summed E-state index contributed by atoms with van der Waals surface area (Å²) < 4.78 is 0. The second kappa shape index (κ2) is 5.49. The van der Waals surface area contributed by atoms with Gasteiger partial charge in [-0.1, -0.05) is 19.9 Å². The second-order valence-corrected chi connectivity index (χ2v) is 4.45. The van der Waals surface area contributed by atoms with Gasteiger partial charge in [0.25, 0.3) is 0 Å². The number of benzene rings is 1. The highest BCUT2D eigenvalue weighted by atomic mass is 15.1. The monoisotopic (exact) mass is 242 g/mol. The molecule has 0 unspecified atom stereocenters. The molecule has 0 amide bonds. The van der Waals surface area contributed by atoms with Crippen LogP contribution in [0.15, 0.2) is 36.7 Å². The number of nitrogens with one attached hydrogen (secondary N) is 2. The topological polar surface area (TPSA) is 49.8 Å². The second-order valence-electron chi connectivity index (χ2n) is 4.45.